The van der Waals surface area contributed by atoms with Crippen molar-refractivity contribution < 1.29 is 38.9 Å². The molecule has 0 saturated carbocycles. The number of anilines is 2. The van der Waals surface area contributed by atoms with Gasteiger partial charge in [0, 0.05) is 39.2 Å². The van der Waals surface area contributed by atoms with Gasteiger partial charge >= 0.3 is 0 Å². The molecular formula is C44H30N6O9S3. The van der Waals surface area contributed by atoms with Crippen LogP contribution in [0.25, 0.3) is 22.3 Å². The Kier molecular flexibility index (Phi) is 9.58. The van der Waals surface area contributed by atoms with Crippen LogP contribution in [0.15, 0.2) is 197 Å². The average Bonchev–Trinajstić information content (AvgIpc) is 4.06. The zero-order valence-electron chi connectivity index (χ0n) is 31.7. The van der Waals surface area contributed by atoms with E-state index in [-0.39, 0.29) is 21.2 Å². The Hall–Kier alpha value is -7.19. The number of rotatable bonds is 7. The van der Waals surface area contributed by atoms with Crippen LogP contribution in [-0.2, 0) is 30.4 Å². The van der Waals surface area contributed by atoms with E-state index in [4.69, 9.17) is 31.4 Å². The molecule has 5 aliphatic rings. The number of benzene rings is 4. The first-order valence-corrected chi connectivity index (χ1v) is 22.7. The van der Waals surface area contributed by atoms with Crippen LogP contribution in [0.3, 0.4) is 0 Å². The van der Waals surface area contributed by atoms with Gasteiger partial charge in [-0.1, -0.05) is 42.5 Å². The van der Waals surface area contributed by atoms with Gasteiger partial charge in [0.15, 0.2) is 0 Å². The predicted octanol–water partition coefficient (Wildman–Crippen LogP) is 6.59. The molecule has 15 nitrogen and oxygen atoms in total. The lowest BCUT2D eigenvalue weighted by Crippen LogP contribution is -2.07. The van der Waals surface area contributed by atoms with Gasteiger partial charge in [-0.2, -0.15) is 25.3 Å². The van der Waals surface area contributed by atoms with E-state index in [9.17, 15) is 38.9 Å². The van der Waals surface area contributed by atoms with Crippen molar-refractivity contribution in [2.45, 2.75) is 14.7 Å². The molecule has 0 aliphatic carbocycles. The quantitative estimate of drug-likeness (QED) is 0.0976. The number of fused-ring (bicyclic) bond motifs is 4. The van der Waals surface area contributed by atoms with Crippen LogP contribution in [0.5, 0.6) is 0 Å². The SMILES string of the molecule is Nc1cccc(N)c1C1=C2C=CC(=N2)C(c2cccc(S(=O)(=O)O)c2)=C2C=CC(=N2)C(c2cccc(S(=O)(=O)O)c2)=C2C=CC(=N2)C(c2cccc(S(=O)(=O)O)c2)=C2C=CC1=N2. The van der Waals surface area contributed by atoms with Crippen molar-refractivity contribution in [1.82, 2.24) is 0 Å². The fraction of sp³-hybridized carbons (Fsp3) is 0. The van der Waals surface area contributed by atoms with E-state index in [1.807, 2.05) is 0 Å². The molecule has 62 heavy (non-hydrogen) atoms. The van der Waals surface area contributed by atoms with E-state index in [2.05, 4.69) is 0 Å². The summed E-state index contributed by atoms with van der Waals surface area (Å²) in [4.78, 5) is 18.9. The minimum Gasteiger partial charge on any atom is -0.398 e. The number of hydrogen-bond acceptors (Lipinski definition) is 12. The molecule has 5 heterocycles. The van der Waals surface area contributed by atoms with E-state index in [0.29, 0.717) is 90.1 Å². The first-order chi connectivity index (χ1) is 29.4. The number of nitrogens with two attached hydrogens (primary N) is 2. The molecule has 0 amide bonds. The summed E-state index contributed by atoms with van der Waals surface area (Å²) in [6.45, 7) is 0. The molecule has 0 saturated heterocycles. The third-order valence-electron chi connectivity index (χ3n) is 10.2. The summed E-state index contributed by atoms with van der Waals surface area (Å²) < 4.78 is 104. The second kappa shape index (κ2) is 14.8. The number of hydrogen-bond donors (Lipinski definition) is 5. The molecule has 0 aromatic heterocycles. The average molecular weight is 883 g/mol. The van der Waals surface area contributed by atoms with E-state index >= 15 is 0 Å². The Morgan fingerprint density at radius 2 is 0.645 bits per heavy atom. The summed E-state index contributed by atoms with van der Waals surface area (Å²) >= 11 is 0. The van der Waals surface area contributed by atoms with E-state index in [0.717, 1.165) is 0 Å². The fourth-order valence-corrected chi connectivity index (χ4v) is 9.12. The standard InChI is InChI=1S/C44H30N6O9S3/c45-30-11-4-12-31(46)43(30)44-38-19-17-36(49-38)41(25-6-2-9-28(22-25)61(54,55)56)34-15-13-32(47-34)40(24-5-1-8-27(21-24)60(51,52)53)33-14-16-35(48-33)42(37-18-20-39(44)50-37)26-7-3-10-29(23-26)62(57,58)59/h1-23H,45-46H2,(H,51,52,53)(H,54,55,56)(H,57,58,59). The molecule has 0 spiro atoms. The Morgan fingerprint density at radius 1 is 0.371 bits per heavy atom. The summed E-state index contributed by atoms with van der Waals surface area (Å²) in [5.74, 6) is 0. The van der Waals surface area contributed by atoms with Gasteiger partial charge < -0.3 is 11.5 Å². The molecule has 0 fully saturated rings. The molecule has 18 heteroatoms. The van der Waals surface area contributed by atoms with E-state index < -0.39 is 35.2 Å². The van der Waals surface area contributed by atoms with Crippen LogP contribution in [0, 0.1) is 0 Å². The fourth-order valence-electron chi connectivity index (χ4n) is 7.54. The topological polar surface area (TPSA) is 265 Å². The number of nitrogens with zero attached hydrogens (tertiary/aromatic N) is 4. The summed E-state index contributed by atoms with van der Waals surface area (Å²) in [6.07, 6.45) is 13.4. The molecule has 308 valence electrons. The van der Waals surface area contributed by atoms with Crippen molar-refractivity contribution in [3.05, 3.63) is 185 Å². The van der Waals surface area contributed by atoms with Crippen LogP contribution in [0.4, 0.5) is 11.4 Å². The maximum Gasteiger partial charge on any atom is 0.294 e. The second-order valence-corrected chi connectivity index (χ2v) is 18.4. The Morgan fingerprint density at radius 3 is 0.952 bits per heavy atom. The van der Waals surface area contributed by atoms with Crippen LogP contribution >= 0.6 is 0 Å². The number of aliphatic imine (C=N–C) groups is 4. The molecule has 7 N–H and O–H groups in total. The van der Waals surface area contributed by atoms with Crippen molar-refractivity contribution in [3.8, 4) is 0 Å². The second-order valence-electron chi connectivity index (χ2n) is 14.2. The maximum atomic E-state index is 12.4. The Labute approximate surface area is 355 Å². The lowest BCUT2D eigenvalue weighted by molar-refractivity contribution is 0.481. The molecule has 4 aromatic rings. The van der Waals surface area contributed by atoms with Crippen molar-refractivity contribution >= 4 is 86.9 Å². The molecule has 8 bridgehead atoms. The van der Waals surface area contributed by atoms with Crippen LogP contribution in [-0.4, -0.2) is 61.8 Å². The molecule has 0 atom stereocenters. The van der Waals surface area contributed by atoms with Gasteiger partial charge in [0.05, 0.1) is 60.3 Å². The van der Waals surface area contributed by atoms with Gasteiger partial charge in [0.25, 0.3) is 30.4 Å². The minimum atomic E-state index is -4.67. The molecular weight excluding hydrogens is 853 g/mol. The smallest absolute Gasteiger partial charge is 0.294 e. The highest BCUT2D eigenvalue weighted by atomic mass is 32.2. The van der Waals surface area contributed by atoms with Crippen LogP contribution < -0.4 is 11.5 Å². The van der Waals surface area contributed by atoms with Gasteiger partial charge in [-0.05, 0) is 114 Å². The van der Waals surface area contributed by atoms with Crippen molar-refractivity contribution in [1.29, 1.82) is 0 Å². The molecule has 4 aromatic carbocycles. The summed E-state index contributed by atoms with van der Waals surface area (Å²) in [5, 5.41) is 0. The van der Waals surface area contributed by atoms with Gasteiger partial charge in [-0.3, -0.25) is 13.7 Å². The monoisotopic (exact) mass is 882 g/mol. The van der Waals surface area contributed by atoms with Crippen LogP contribution in [0.2, 0.25) is 0 Å². The highest BCUT2D eigenvalue weighted by Crippen LogP contribution is 2.41. The molecule has 0 unspecified atom stereocenters. The molecule has 9 rings (SSSR count). The zero-order valence-corrected chi connectivity index (χ0v) is 34.2. The van der Waals surface area contributed by atoms with Crippen molar-refractivity contribution in [3.63, 3.8) is 0 Å². The zero-order chi connectivity index (χ0) is 43.7. The molecule has 0 radical (unpaired) electrons. The van der Waals surface area contributed by atoms with Crippen LogP contribution in [0.1, 0.15) is 22.3 Å². The Bertz CT molecular complexity index is 3400. The molecule has 5 aliphatic heterocycles. The predicted molar refractivity (Wildman–Crippen MR) is 238 cm³/mol. The van der Waals surface area contributed by atoms with Gasteiger partial charge in [0.1, 0.15) is 0 Å². The Balaban J connectivity index is 1.41. The highest BCUT2D eigenvalue weighted by molar-refractivity contribution is 7.86. The lowest BCUT2D eigenvalue weighted by Gasteiger charge is -2.15. The van der Waals surface area contributed by atoms with Gasteiger partial charge in [-0.25, -0.2) is 20.0 Å². The largest absolute Gasteiger partial charge is 0.398 e. The third-order valence-corrected chi connectivity index (χ3v) is 12.8. The minimum absolute atomic E-state index is 0.278. The summed E-state index contributed by atoms with van der Waals surface area (Å²) in [7, 11) is -14.0. The maximum absolute atomic E-state index is 12.4. The number of nitrogen functional groups attached to an aromatic ring is 2. The van der Waals surface area contributed by atoms with E-state index in [1.54, 1.807) is 85.0 Å². The summed E-state index contributed by atoms with van der Waals surface area (Å²) in [5.41, 5.74) is 19.1. The number of allylic oxidation sites excluding steroid dienone is 12. The van der Waals surface area contributed by atoms with Crippen molar-refractivity contribution in [2.75, 3.05) is 11.5 Å². The highest BCUT2D eigenvalue weighted by Gasteiger charge is 2.30. The van der Waals surface area contributed by atoms with Gasteiger partial charge in [0.2, 0.25) is 0 Å². The first-order valence-electron chi connectivity index (χ1n) is 18.4. The first kappa shape index (κ1) is 40.2. The van der Waals surface area contributed by atoms with E-state index in [1.165, 1.54) is 54.6 Å². The van der Waals surface area contributed by atoms with Crippen molar-refractivity contribution in [2.24, 2.45) is 20.0 Å². The lowest BCUT2D eigenvalue weighted by atomic mass is 9.95. The summed E-state index contributed by atoms with van der Waals surface area (Å²) in [6, 6.07) is 21.8. The van der Waals surface area contributed by atoms with Gasteiger partial charge in [-0.15, -0.1) is 0 Å². The normalized spacial score (nSPS) is 17.3. The third kappa shape index (κ3) is 7.36.